The highest BCUT2D eigenvalue weighted by Gasteiger charge is 2.32. The minimum atomic E-state index is -0.871. The zero-order valence-corrected chi connectivity index (χ0v) is 17.7. The largest absolute Gasteiger partial charge is 0.488 e. The molecule has 1 atom stereocenters. The van der Waals surface area contributed by atoms with Gasteiger partial charge in [-0.1, -0.05) is 54.6 Å². The highest BCUT2D eigenvalue weighted by molar-refractivity contribution is 7.10. The summed E-state index contributed by atoms with van der Waals surface area (Å²) in [6.45, 7) is 1.09. The number of rotatable bonds is 5. The maximum atomic E-state index is 11.5. The smallest absolute Gasteiger partial charge is 0.407 e. The zero-order chi connectivity index (χ0) is 21.2. The molecule has 0 spiro atoms. The van der Waals surface area contributed by atoms with Crippen LogP contribution in [0.15, 0.2) is 72.1 Å². The fourth-order valence-corrected chi connectivity index (χ4v) is 5.14. The number of carbonyl (C=O) groups is 1. The lowest BCUT2D eigenvalue weighted by atomic mass is 10.0. The number of hydrogen-bond donors (Lipinski definition) is 1. The van der Waals surface area contributed by atoms with E-state index in [-0.39, 0.29) is 6.04 Å². The number of likely N-dealkylation sites (tertiary alicyclic amines) is 1. The van der Waals surface area contributed by atoms with E-state index in [2.05, 4.69) is 24.3 Å². The lowest BCUT2D eigenvalue weighted by Crippen LogP contribution is -2.28. The summed E-state index contributed by atoms with van der Waals surface area (Å²) in [6.07, 6.45) is 0.832. The fraction of sp³-hybridized carbons (Fsp3) is 0.200. The van der Waals surface area contributed by atoms with Gasteiger partial charge in [-0.15, -0.1) is 11.3 Å². The van der Waals surface area contributed by atoms with Gasteiger partial charge in [0.2, 0.25) is 0 Å². The van der Waals surface area contributed by atoms with Crippen molar-refractivity contribution in [2.75, 3.05) is 6.54 Å². The zero-order valence-electron chi connectivity index (χ0n) is 16.9. The van der Waals surface area contributed by atoms with Crippen molar-refractivity contribution in [3.05, 3.63) is 82.7 Å². The summed E-state index contributed by atoms with van der Waals surface area (Å²) in [5.41, 5.74) is 3.03. The average Bonchev–Trinajstić information content (AvgIpc) is 3.48. The van der Waals surface area contributed by atoms with Crippen molar-refractivity contribution in [2.45, 2.75) is 25.5 Å². The quantitative estimate of drug-likeness (QED) is 0.400. The van der Waals surface area contributed by atoms with Crippen molar-refractivity contribution >= 4 is 28.2 Å². The highest BCUT2D eigenvalue weighted by Crippen LogP contribution is 2.39. The van der Waals surface area contributed by atoms with Gasteiger partial charge in [0.1, 0.15) is 17.4 Å². The molecular formula is C25H22N2O3S. The first-order valence-corrected chi connectivity index (χ1v) is 11.2. The monoisotopic (exact) mass is 430 g/mol. The third-order valence-corrected chi connectivity index (χ3v) is 6.65. The third kappa shape index (κ3) is 3.86. The minimum Gasteiger partial charge on any atom is -0.488 e. The van der Waals surface area contributed by atoms with Crippen molar-refractivity contribution < 1.29 is 14.6 Å². The number of fused-ring (bicyclic) bond motifs is 1. The molecule has 1 saturated heterocycles. The molecule has 2 heterocycles. The molecule has 1 N–H and O–H groups in total. The maximum absolute atomic E-state index is 11.5. The van der Waals surface area contributed by atoms with Gasteiger partial charge in [-0.25, -0.2) is 9.78 Å². The maximum Gasteiger partial charge on any atom is 0.407 e. The predicted molar refractivity (Wildman–Crippen MR) is 123 cm³/mol. The molecule has 31 heavy (non-hydrogen) atoms. The van der Waals surface area contributed by atoms with Crippen molar-refractivity contribution in [2.24, 2.45) is 0 Å². The lowest BCUT2D eigenvalue weighted by Gasteiger charge is -2.19. The van der Waals surface area contributed by atoms with Crippen molar-refractivity contribution in [1.29, 1.82) is 0 Å². The number of nitrogens with zero attached hydrogens (tertiary/aromatic N) is 2. The van der Waals surface area contributed by atoms with Crippen LogP contribution in [0.25, 0.3) is 22.0 Å². The SMILES string of the molecule is O=C(O)N1CCC[C@H]1c1nc(-c2ccc(OCc3ccccc3)c3ccccc23)cs1. The van der Waals surface area contributed by atoms with Gasteiger partial charge in [0.15, 0.2) is 0 Å². The molecule has 0 saturated carbocycles. The molecule has 1 aliphatic heterocycles. The van der Waals surface area contributed by atoms with Crippen LogP contribution in [-0.2, 0) is 6.61 Å². The molecule has 6 heteroatoms. The number of carboxylic acid groups (broad SMARTS) is 1. The van der Waals surface area contributed by atoms with Crippen LogP contribution in [0.5, 0.6) is 5.75 Å². The molecule has 1 amide bonds. The van der Waals surface area contributed by atoms with Gasteiger partial charge in [0.05, 0.1) is 11.7 Å². The molecule has 0 bridgehead atoms. The number of ether oxygens (including phenoxy) is 1. The number of benzene rings is 3. The summed E-state index contributed by atoms with van der Waals surface area (Å²) in [5, 5.41) is 14.5. The first kappa shape index (κ1) is 19.6. The summed E-state index contributed by atoms with van der Waals surface area (Å²) in [7, 11) is 0. The highest BCUT2D eigenvalue weighted by atomic mass is 32.1. The first-order valence-electron chi connectivity index (χ1n) is 10.3. The molecule has 5 nitrogen and oxygen atoms in total. The lowest BCUT2D eigenvalue weighted by molar-refractivity contribution is 0.140. The molecule has 5 rings (SSSR count). The van der Waals surface area contributed by atoms with Crippen LogP contribution < -0.4 is 4.74 Å². The molecule has 0 aliphatic carbocycles. The van der Waals surface area contributed by atoms with Gasteiger partial charge in [-0.2, -0.15) is 0 Å². The Morgan fingerprint density at radius 1 is 1.06 bits per heavy atom. The Hall–Kier alpha value is -3.38. The molecule has 1 fully saturated rings. The van der Waals surface area contributed by atoms with Crippen molar-refractivity contribution in [3.63, 3.8) is 0 Å². The summed E-state index contributed by atoms with van der Waals surface area (Å²) in [4.78, 5) is 17.9. The molecule has 156 valence electrons. The van der Waals surface area contributed by atoms with Crippen LogP contribution in [0, 0.1) is 0 Å². The van der Waals surface area contributed by atoms with Gasteiger partial charge >= 0.3 is 6.09 Å². The Balaban J connectivity index is 1.46. The van der Waals surface area contributed by atoms with E-state index in [1.807, 2.05) is 47.8 Å². The summed E-state index contributed by atoms with van der Waals surface area (Å²) in [5.74, 6) is 0.839. The van der Waals surface area contributed by atoms with Gasteiger partial charge < -0.3 is 9.84 Å². The van der Waals surface area contributed by atoms with E-state index in [1.54, 1.807) is 0 Å². The number of aromatic nitrogens is 1. The Bertz CT molecular complexity index is 1220. The van der Waals surface area contributed by atoms with Crippen LogP contribution in [-0.4, -0.2) is 27.6 Å². The van der Waals surface area contributed by atoms with Crippen LogP contribution in [0.2, 0.25) is 0 Å². The molecule has 4 aromatic rings. The summed E-state index contributed by atoms with van der Waals surface area (Å²) in [6, 6.07) is 22.2. The number of thiazole rings is 1. The van der Waals surface area contributed by atoms with Gasteiger partial charge in [-0.05, 0) is 35.9 Å². The van der Waals surface area contributed by atoms with E-state index in [4.69, 9.17) is 9.72 Å². The molecular weight excluding hydrogens is 408 g/mol. The predicted octanol–water partition coefficient (Wildman–Crippen LogP) is 6.36. The van der Waals surface area contributed by atoms with Gasteiger partial charge in [0, 0.05) is 22.9 Å². The van der Waals surface area contributed by atoms with E-state index < -0.39 is 6.09 Å². The average molecular weight is 431 g/mol. The van der Waals surface area contributed by atoms with Crippen LogP contribution in [0.1, 0.15) is 29.5 Å². The fourth-order valence-electron chi connectivity index (χ4n) is 4.17. The van der Waals surface area contributed by atoms with E-state index in [0.717, 1.165) is 51.2 Å². The first-order chi connectivity index (χ1) is 15.2. The minimum absolute atomic E-state index is 0.143. The molecule has 1 aromatic heterocycles. The second-order valence-electron chi connectivity index (χ2n) is 7.64. The molecule has 3 aromatic carbocycles. The van der Waals surface area contributed by atoms with Crippen LogP contribution in [0.3, 0.4) is 0 Å². The molecule has 0 radical (unpaired) electrons. The second-order valence-corrected chi connectivity index (χ2v) is 8.53. The Kier molecular flexibility index (Phi) is 5.30. The van der Waals surface area contributed by atoms with E-state index in [1.165, 1.54) is 16.2 Å². The summed E-state index contributed by atoms with van der Waals surface area (Å²) >= 11 is 1.54. The van der Waals surface area contributed by atoms with Crippen LogP contribution in [0.4, 0.5) is 4.79 Å². The van der Waals surface area contributed by atoms with Crippen LogP contribution >= 0.6 is 11.3 Å². The van der Waals surface area contributed by atoms with E-state index in [0.29, 0.717) is 13.2 Å². The Morgan fingerprint density at radius 2 is 1.84 bits per heavy atom. The standard InChI is InChI=1S/C25H22N2O3S/c28-25(29)27-14-6-11-22(27)24-26-21(16-31-24)19-12-13-23(20-10-5-4-9-18(19)20)30-15-17-7-2-1-3-8-17/h1-5,7-10,12-13,16,22H,6,11,14-15H2,(H,28,29)/t22-/m0/s1. The van der Waals surface area contributed by atoms with Crippen molar-refractivity contribution in [3.8, 4) is 17.0 Å². The molecule has 0 unspecified atom stereocenters. The summed E-state index contributed by atoms with van der Waals surface area (Å²) < 4.78 is 6.13. The number of amides is 1. The topological polar surface area (TPSA) is 62.7 Å². The Morgan fingerprint density at radius 3 is 2.65 bits per heavy atom. The Labute approximate surface area is 184 Å². The van der Waals surface area contributed by atoms with Gasteiger partial charge in [-0.3, -0.25) is 4.90 Å². The van der Waals surface area contributed by atoms with Crippen molar-refractivity contribution in [1.82, 2.24) is 9.88 Å². The number of hydrogen-bond acceptors (Lipinski definition) is 4. The molecule has 1 aliphatic rings. The third-order valence-electron chi connectivity index (χ3n) is 5.70. The van der Waals surface area contributed by atoms with E-state index >= 15 is 0 Å². The van der Waals surface area contributed by atoms with Gasteiger partial charge in [0.25, 0.3) is 0 Å². The van der Waals surface area contributed by atoms with E-state index in [9.17, 15) is 9.90 Å². The normalized spacial score (nSPS) is 16.0. The second kappa shape index (κ2) is 8.40.